The first kappa shape index (κ1) is 12.9. The van der Waals surface area contributed by atoms with Crippen molar-refractivity contribution < 1.29 is 14.9 Å². The summed E-state index contributed by atoms with van der Waals surface area (Å²) in [6.45, 7) is 5.17. The first-order valence-corrected chi connectivity index (χ1v) is 6.07. The fourth-order valence-corrected chi connectivity index (χ4v) is 2.41. The molecule has 4 unspecified atom stereocenters. The largest absolute Gasteiger partial charge is 0.393 e. The quantitative estimate of drug-likeness (QED) is 0.733. The molecule has 4 atom stereocenters. The molecule has 0 aromatic heterocycles. The fourth-order valence-electron chi connectivity index (χ4n) is 2.41. The summed E-state index contributed by atoms with van der Waals surface area (Å²) in [5, 5.41) is 19.5. The van der Waals surface area contributed by atoms with Gasteiger partial charge >= 0.3 is 0 Å². The minimum Gasteiger partial charge on any atom is -0.393 e. The summed E-state index contributed by atoms with van der Waals surface area (Å²) < 4.78 is 5.17. The summed E-state index contributed by atoms with van der Waals surface area (Å²) in [5.74, 6) is 0.932. The molecule has 1 fully saturated rings. The molecule has 0 saturated heterocycles. The molecule has 3 heteroatoms. The Hall–Kier alpha value is -0.120. The van der Waals surface area contributed by atoms with E-state index in [-0.39, 0.29) is 12.0 Å². The summed E-state index contributed by atoms with van der Waals surface area (Å²) in [7, 11) is 0. The molecule has 3 nitrogen and oxygen atoms in total. The molecule has 0 amide bonds. The van der Waals surface area contributed by atoms with Gasteiger partial charge in [-0.2, -0.15) is 0 Å². The highest BCUT2D eigenvalue weighted by molar-refractivity contribution is 4.79. The van der Waals surface area contributed by atoms with Gasteiger partial charge in [0.25, 0.3) is 0 Å². The monoisotopic (exact) mass is 216 g/mol. The molecule has 1 rings (SSSR count). The van der Waals surface area contributed by atoms with Crippen molar-refractivity contribution in [2.75, 3.05) is 13.2 Å². The van der Waals surface area contributed by atoms with Crippen molar-refractivity contribution in [1.29, 1.82) is 0 Å². The van der Waals surface area contributed by atoms with E-state index in [1.54, 1.807) is 0 Å². The van der Waals surface area contributed by atoms with Crippen molar-refractivity contribution in [3.8, 4) is 0 Å². The molecule has 1 aliphatic carbocycles. The third kappa shape index (κ3) is 4.49. The molecule has 1 aliphatic rings. The van der Waals surface area contributed by atoms with Gasteiger partial charge in [-0.25, -0.2) is 0 Å². The predicted molar refractivity (Wildman–Crippen MR) is 59.6 cm³/mol. The number of ether oxygens (including phenoxy) is 1. The standard InChI is InChI=1S/C12H24O3/c1-3-15-8-11(13)7-10-6-9(2)4-5-12(10)14/h9-14H,3-8H2,1-2H3. The highest BCUT2D eigenvalue weighted by atomic mass is 16.5. The van der Waals surface area contributed by atoms with Crippen LogP contribution >= 0.6 is 0 Å². The SMILES string of the molecule is CCOCC(O)CC1CC(C)CCC1O. The van der Waals surface area contributed by atoms with E-state index < -0.39 is 6.10 Å². The molecule has 0 heterocycles. The minimum absolute atomic E-state index is 0.225. The lowest BCUT2D eigenvalue weighted by Gasteiger charge is -2.32. The van der Waals surface area contributed by atoms with Crippen molar-refractivity contribution in [2.45, 2.75) is 51.7 Å². The molecule has 2 N–H and O–H groups in total. The summed E-state index contributed by atoms with van der Waals surface area (Å²) in [4.78, 5) is 0. The second kappa shape index (κ2) is 6.46. The van der Waals surface area contributed by atoms with Crippen LogP contribution in [0, 0.1) is 11.8 Å². The van der Waals surface area contributed by atoms with Crippen LogP contribution in [0.5, 0.6) is 0 Å². The predicted octanol–water partition coefficient (Wildman–Crippen LogP) is 1.57. The van der Waals surface area contributed by atoms with Crippen LogP contribution in [0.25, 0.3) is 0 Å². The zero-order chi connectivity index (χ0) is 11.3. The Balaban J connectivity index is 2.28. The van der Waals surface area contributed by atoms with E-state index in [0.717, 1.165) is 19.3 Å². The first-order chi connectivity index (χ1) is 7.13. The molecule has 0 bridgehead atoms. The summed E-state index contributed by atoms with van der Waals surface area (Å²) in [6.07, 6.45) is 3.05. The van der Waals surface area contributed by atoms with Crippen molar-refractivity contribution in [1.82, 2.24) is 0 Å². The Kier molecular flexibility index (Phi) is 5.58. The normalized spacial score (nSPS) is 34.0. The Labute approximate surface area is 92.4 Å². The highest BCUT2D eigenvalue weighted by Gasteiger charge is 2.28. The van der Waals surface area contributed by atoms with Gasteiger partial charge in [0.05, 0.1) is 18.8 Å². The van der Waals surface area contributed by atoms with E-state index in [9.17, 15) is 10.2 Å². The molecule has 1 saturated carbocycles. The summed E-state index contributed by atoms with van der Waals surface area (Å²) in [6, 6.07) is 0. The van der Waals surface area contributed by atoms with Gasteiger partial charge in [0.1, 0.15) is 0 Å². The van der Waals surface area contributed by atoms with Crippen molar-refractivity contribution in [2.24, 2.45) is 11.8 Å². The molecule has 0 aliphatic heterocycles. The van der Waals surface area contributed by atoms with Crippen LogP contribution in [0.2, 0.25) is 0 Å². The van der Waals surface area contributed by atoms with E-state index in [1.165, 1.54) is 0 Å². The summed E-state index contributed by atoms with van der Waals surface area (Å²) >= 11 is 0. The molecule has 15 heavy (non-hydrogen) atoms. The van der Waals surface area contributed by atoms with Gasteiger partial charge in [0, 0.05) is 6.61 Å². The van der Waals surface area contributed by atoms with Gasteiger partial charge in [-0.15, -0.1) is 0 Å². The molecule has 90 valence electrons. The lowest BCUT2D eigenvalue weighted by atomic mass is 9.78. The maximum Gasteiger partial charge on any atom is 0.0777 e. The lowest BCUT2D eigenvalue weighted by molar-refractivity contribution is -0.0107. The third-order valence-electron chi connectivity index (χ3n) is 3.29. The smallest absolute Gasteiger partial charge is 0.0777 e. The number of hydrogen-bond acceptors (Lipinski definition) is 3. The van der Waals surface area contributed by atoms with E-state index >= 15 is 0 Å². The Bertz CT molecular complexity index is 172. The van der Waals surface area contributed by atoms with Gasteiger partial charge in [-0.3, -0.25) is 0 Å². The van der Waals surface area contributed by atoms with Crippen LogP contribution < -0.4 is 0 Å². The second-order valence-corrected chi connectivity index (χ2v) is 4.79. The van der Waals surface area contributed by atoms with Crippen LogP contribution in [-0.2, 0) is 4.74 Å². The van der Waals surface area contributed by atoms with Crippen LogP contribution in [-0.4, -0.2) is 35.6 Å². The molecule has 0 aromatic carbocycles. The fraction of sp³-hybridized carbons (Fsp3) is 1.00. The molecular weight excluding hydrogens is 192 g/mol. The third-order valence-corrected chi connectivity index (χ3v) is 3.29. The number of aliphatic hydroxyl groups excluding tert-OH is 2. The van der Waals surface area contributed by atoms with Crippen molar-refractivity contribution in [3.05, 3.63) is 0 Å². The lowest BCUT2D eigenvalue weighted by Crippen LogP contribution is -2.32. The summed E-state index contributed by atoms with van der Waals surface area (Å²) in [5.41, 5.74) is 0. The Morgan fingerprint density at radius 3 is 2.80 bits per heavy atom. The topological polar surface area (TPSA) is 49.7 Å². The number of aliphatic hydroxyl groups is 2. The average Bonchev–Trinajstić information content (AvgIpc) is 2.20. The van der Waals surface area contributed by atoms with E-state index in [0.29, 0.717) is 25.6 Å². The van der Waals surface area contributed by atoms with Crippen molar-refractivity contribution >= 4 is 0 Å². The zero-order valence-corrected chi connectivity index (χ0v) is 9.85. The van der Waals surface area contributed by atoms with Crippen LogP contribution in [0.3, 0.4) is 0 Å². The van der Waals surface area contributed by atoms with Crippen LogP contribution in [0.15, 0.2) is 0 Å². The number of rotatable bonds is 5. The molecule has 0 spiro atoms. The van der Waals surface area contributed by atoms with E-state index in [1.807, 2.05) is 6.92 Å². The van der Waals surface area contributed by atoms with E-state index in [4.69, 9.17) is 4.74 Å². The number of hydrogen-bond donors (Lipinski definition) is 2. The highest BCUT2D eigenvalue weighted by Crippen LogP contribution is 2.31. The van der Waals surface area contributed by atoms with Crippen molar-refractivity contribution in [3.63, 3.8) is 0 Å². The maximum atomic E-state index is 9.81. The molecular formula is C12H24O3. The first-order valence-electron chi connectivity index (χ1n) is 6.07. The van der Waals surface area contributed by atoms with Gasteiger partial charge < -0.3 is 14.9 Å². The average molecular weight is 216 g/mol. The minimum atomic E-state index is -0.421. The van der Waals surface area contributed by atoms with Gasteiger partial charge in [0.2, 0.25) is 0 Å². The van der Waals surface area contributed by atoms with Gasteiger partial charge in [-0.05, 0) is 44.4 Å². The zero-order valence-electron chi connectivity index (χ0n) is 9.85. The Morgan fingerprint density at radius 2 is 2.13 bits per heavy atom. The second-order valence-electron chi connectivity index (χ2n) is 4.79. The molecule has 0 radical (unpaired) electrons. The Morgan fingerprint density at radius 1 is 1.40 bits per heavy atom. The maximum absolute atomic E-state index is 9.81. The van der Waals surface area contributed by atoms with Gasteiger partial charge in [-0.1, -0.05) is 6.92 Å². The van der Waals surface area contributed by atoms with Crippen LogP contribution in [0.4, 0.5) is 0 Å². The van der Waals surface area contributed by atoms with Crippen LogP contribution in [0.1, 0.15) is 39.5 Å². The van der Waals surface area contributed by atoms with E-state index in [2.05, 4.69) is 6.92 Å². The van der Waals surface area contributed by atoms with Gasteiger partial charge in [0.15, 0.2) is 0 Å². The molecule has 0 aromatic rings.